The van der Waals surface area contributed by atoms with Crippen LogP contribution in [0.4, 0.5) is 0 Å². The standard InChI is InChI=1S/C28H32BrN5OS/c29-22-4-5-26-25(17-22)31-27(24-3-1-2-11-30-24)34(26)23-8-14-33(15-9-23)28(35)21-6-12-32(13-7-21)18-20-10-16-36-19-20/h2,4-5,10-11,16-17,19,21,23H,1,3,6-9,12-15,18H2. The molecule has 3 aliphatic heterocycles. The second-order valence-electron chi connectivity index (χ2n) is 10.2. The number of amides is 1. The molecule has 6 nitrogen and oxygen atoms in total. The van der Waals surface area contributed by atoms with Crippen LogP contribution in [0.15, 0.2) is 56.8 Å². The number of aromatic nitrogens is 2. The van der Waals surface area contributed by atoms with Gasteiger partial charge in [0.2, 0.25) is 5.91 Å². The summed E-state index contributed by atoms with van der Waals surface area (Å²) in [6.07, 6.45) is 9.81. The normalized spacial score (nSPS) is 20.2. The maximum atomic E-state index is 13.4. The molecule has 36 heavy (non-hydrogen) atoms. The number of thiophene rings is 1. The molecule has 0 saturated carbocycles. The van der Waals surface area contributed by atoms with Crippen LogP contribution in [0, 0.1) is 5.92 Å². The van der Waals surface area contributed by atoms with E-state index in [2.05, 4.69) is 76.4 Å². The largest absolute Gasteiger partial charge is 0.342 e. The van der Waals surface area contributed by atoms with E-state index in [1.54, 1.807) is 11.3 Å². The highest BCUT2D eigenvalue weighted by atomic mass is 79.9. The van der Waals surface area contributed by atoms with E-state index in [9.17, 15) is 4.79 Å². The Bertz CT molecular complexity index is 1280. The molecule has 2 fully saturated rings. The predicted octanol–water partition coefficient (Wildman–Crippen LogP) is 6.03. The number of rotatable bonds is 5. The minimum absolute atomic E-state index is 0.172. The topological polar surface area (TPSA) is 53.7 Å². The van der Waals surface area contributed by atoms with E-state index < -0.39 is 0 Å². The summed E-state index contributed by atoms with van der Waals surface area (Å²) in [6, 6.07) is 8.89. The molecule has 6 rings (SSSR count). The summed E-state index contributed by atoms with van der Waals surface area (Å²) in [5.74, 6) is 1.53. The summed E-state index contributed by atoms with van der Waals surface area (Å²) in [5.41, 5.74) is 4.62. The van der Waals surface area contributed by atoms with Crippen LogP contribution in [0.2, 0.25) is 0 Å². The Morgan fingerprint density at radius 2 is 1.92 bits per heavy atom. The Labute approximate surface area is 224 Å². The highest BCUT2D eigenvalue weighted by molar-refractivity contribution is 9.10. The molecule has 0 bridgehead atoms. The second-order valence-corrected chi connectivity index (χ2v) is 11.9. The van der Waals surface area contributed by atoms with E-state index in [0.717, 1.165) is 98.3 Å². The van der Waals surface area contributed by atoms with Gasteiger partial charge in [-0.05, 0) is 92.2 Å². The number of benzene rings is 1. The zero-order valence-electron chi connectivity index (χ0n) is 20.5. The lowest BCUT2D eigenvalue weighted by Crippen LogP contribution is -2.45. The molecule has 0 spiro atoms. The number of likely N-dealkylation sites (tertiary alicyclic amines) is 2. The molecule has 5 heterocycles. The van der Waals surface area contributed by atoms with Crippen molar-refractivity contribution >= 4 is 49.9 Å². The molecular weight excluding hydrogens is 534 g/mol. The third-order valence-electron chi connectivity index (χ3n) is 7.86. The monoisotopic (exact) mass is 565 g/mol. The van der Waals surface area contributed by atoms with E-state index in [1.165, 1.54) is 5.56 Å². The fourth-order valence-corrected chi connectivity index (χ4v) is 6.91. The molecule has 2 saturated heterocycles. The minimum atomic E-state index is 0.172. The number of fused-ring (bicyclic) bond motifs is 1. The lowest BCUT2D eigenvalue weighted by molar-refractivity contribution is -0.138. The summed E-state index contributed by atoms with van der Waals surface area (Å²) in [6.45, 7) is 4.67. The maximum absolute atomic E-state index is 13.4. The number of hydrogen-bond donors (Lipinski definition) is 0. The van der Waals surface area contributed by atoms with Crippen molar-refractivity contribution in [1.29, 1.82) is 0 Å². The number of imidazole rings is 1. The molecule has 0 unspecified atom stereocenters. The lowest BCUT2D eigenvalue weighted by atomic mass is 9.93. The Balaban J connectivity index is 1.12. The van der Waals surface area contributed by atoms with Crippen LogP contribution in [0.5, 0.6) is 0 Å². The first-order valence-electron chi connectivity index (χ1n) is 13.1. The van der Waals surface area contributed by atoms with Gasteiger partial charge in [-0.1, -0.05) is 22.0 Å². The number of hydrogen-bond acceptors (Lipinski definition) is 5. The average molecular weight is 567 g/mol. The van der Waals surface area contributed by atoms with Crippen molar-refractivity contribution in [3.05, 3.63) is 63.2 Å². The molecule has 0 N–H and O–H groups in total. The first kappa shape index (κ1) is 24.1. The number of nitrogens with zero attached hydrogens (tertiary/aromatic N) is 5. The third kappa shape index (κ3) is 4.95. The van der Waals surface area contributed by atoms with Gasteiger partial charge in [0.05, 0.1) is 16.7 Å². The zero-order chi connectivity index (χ0) is 24.5. The van der Waals surface area contributed by atoms with Crippen LogP contribution in [0.1, 0.15) is 56.0 Å². The predicted molar refractivity (Wildman–Crippen MR) is 150 cm³/mol. The van der Waals surface area contributed by atoms with E-state index in [-0.39, 0.29) is 5.92 Å². The fourth-order valence-electron chi connectivity index (χ4n) is 5.90. The molecule has 1 aromatic carbocycles. The number of halogens is 1. The smallest absolute Gasteiger partial charge is 0.225 e. The van der Waals surface area contributed by atoms with Crippen molar-refractivity contribution in [2.75, 3.05) is 26.2 Å². The second kappa shape index (κ2) is 10.6. The van der Waals surface area contributed by atoms with E-state index in [4.69, 9.17) is 4.98 Å². The van der Waals surface area contributed by atoms with Crippen molar-refractivity contribution in [2.45, 2.75) is 51.1 Å². The summed E-state index contributed by atoms with van der Waals surface area (Å²) >= 11 is 5.36. The molecule has 1 amide bonds. The Morgan fingerprint density at radius 3 is 2.64 bits per heavy atom. The summed E-state index contributed by atoms with van der Waals surface area (Å²) < 4.78 is 3.45. The van der Waals surface area contributed by atoms with Gasteiger partial charge in [0.15, 0.2) is 5.82 Å². The molecule has 0 aliphatic carbocycles. The van der Waals surface area contributed by atoms with Gasteiger partial charge in [-0.3, -0.25) is 14.7 Å². The molecule has 0 radical (unpaired) electrons. The molecular formula is C28H32BrN5OS. The van der Waals surface area contributed by atoms with Crippen LogP contribution in [0.25, 0.3) is 11.0 Å². The van der Waals surface area contributed by atoms with Gasteiger partial charge in [-0.25, -0.2) is 4.98 Å². The van der Waals surface area contributed by atoms with Gasteiger partial charge in [0.25, 0.3) is 0 Å². The molecule has 188 valence electrons. The summed E-state index contributed by atoms with van der Waals surface area (Å²) in [5, 5.41) is 4.37. The van der Waals surface area contributed by atoms with Gasteiger partial charge >= 0.3 is 0 Å². The van der Waals surface area contributed by atoms with Gasteiger partial charge in [0.1, 0.15) is 0 Å². The number of allylic oxidation sites excluding steroid dienone is 1. The molecule has 3 aliphatic rings. The first-order valence-corrected chi connectivity index (χ1v) is 14.8. The Morgan fingerprint density at radius 1 is 1.08 bits per heavy atom. The van der Waals surface area contributed by atoms with Crippen LogP contribution < -0.4 is 0 Å². The number of piperidine rings is 2. The quantitative estimate of drug-likeness (QED) is 0.379. The van der Waals surface area contributed by atoms with Crippen LogP contribution in [-0.2, 0) is 11.3 Å². The highest BCUT2D eigenvalue weighted by Gasteiger charge is 2.32. The maximum Gasteiger partial charge on any atom is 0.225 e. The van der Waals surface area contributed by atoms with Crippen molar-refractivity contribution < 1.29 is 4.79 Å². The average Bonchev–Trinajstić information content (AvgIpc) is 3.57. The molecule has 0 atom stereocenters. The Kier molecular flexibility index (Phi) is 7.09. The molecule has 3 aromatic rings. The van der Waals surface area contributed by atoms with Gasteiger partial charge in [0, 0.05) is 42.3 Å². The van der Waals surface area contributed by atoms with E-state index in [0.29, 0.717) is 11.9 Å². The van der Waals surface area contributed by atoms with Gasteiger partial charge in [-0.15, -0.1) is 0 Å². The minimum Gasteiger partial charge on any atom is -0.342 e. The third-order valence-corrected chi connectivity index (χ3v) is 9.08. The van der Waals surface area contributed by atoms with Gasteiger partial charge in [-0.2, -0.15) is 11.3 Å². The van der Waals surface area contributed by atoms with Crippen molar-refractivity contribution in [3.8, 4) is 0 Å². The van der Waals surface area contributed by atoms with Gasteiger partial charge < -0.3 is 9.47 Å². The Hall–Kier alpha value is -2.29. The number of carbonyl (C=O) groups is 1. The van der Waals surface area contributed by atoms with E-state index in [1.807, 2.05) is 6.20 Å². The van der Waals surface area contributed by atoms with Crippen molar-refractivity contribution in [2.24, 2.45) is 10.9 Å². The summed E-state index contributed by atoms with van der Waals surface area (Å²) in [7, 11) is 0. The van der Waals surface area contributed by atoms with Crippen molar-refractivity contribution in [3.63, 3.8) is 0 Å². The molecule has 8 heteroatoms. The first-order chi connectivity index (χ1) is 17.7. The zero-order valence-corrected chi connectivity index (χ0v) is 22.9. The lowest BCUT2D eigenvalue weighted by Gasteiger charge is -2.38. The van der Waals surface area contributed by atoms with Crippen LogP contribution >= 0.6 is 27.3 Å². The van der Waals surface area contributed by atoms with E-state index >= 15 is 0 Å². The summed E-state index contributed by atoms with van der Waals surface area (Å²) in [4.78, 5) is 27.7. The number of aliphatic imine (C=N–C) groups is 1. The SMILES string of the molecule is O=C(C1CCN(Cc2ccsc2)CC1)N1CCC(n2c(C3=NC=CCC3)nc3cc(Br)ccc32)CC1. The highest BCUT2D eigenvalue weighted by Crippen LogP contribution is 2.32. The van der Waals surface area contributed by atoms with Crippen LogP contribution in [-0.4, -0.2) is 57.1 Å². The number of carbonyl (C=O) groups excluding carboxylic acids is 1. The fraction of sp³-hybridized carbons (Fsp3) is 0.464. The molecule has 2 aromatic heterocycles. The van der Waals surface area contributed by atoms with Crippen molar-refractivity contribution in [1.82, 2.24) is 19.4 Å². The van der Waals surface area contributed by atoms with Crippen LogP contribution in [0.3, 0.4) is 0 Å².